The third-order valence-corrected chi connectivity index (χ3v) is 5.89. The van der Waals surface area contributed by atoms with E-state index in [1.165, 1.54) is 11.5 Å². The first kappa shape index (κ1) is 25.3. The minimum Gasteiger partial charge on any atom is -0.330 e. The van der Waals surface area contributed by atoms with E-state index in [9.17, 15) is 14.0 Å². The highest BCUT2D eigenvalue weighted by atomic mass is 19.1. The standard InChI is InChI=1S/C27H33FN4O2/c1-18(2)24(31(16-8-15-29)26(33)22-13-11-19(3)12-14-22)25-30-20(4)23(28)27(34)32(25)17-21-9-6-5-7-10-21/h5-7,9-14,18,24H,8,15-17,29H2,1-4H3. The number of hydrogen-bond donors (Lipinski definition) is 1. The molecular formula is C27H33FN4O2. The molecule has 7 heteroatoms. The number of nitrogens with two attached hydrogens (primary N) is 1. The van der Waals surface area contributed by atoms with Gasteiger partial charge < -0.3 is 10.6 Å². The second-order valence-corrected chi connectivity index (χ2v) is 8.94. The van der Waals surface area contributed by atoms with Crippen LogP contribution in [0.2, 0.25) is 0 Å². The van der Waals surface area contributed by atoms with Gasteiger partial charge in [-0.15, -0.1) is 0 Å². The molecule has 34 heavy (non-hydrogen) atoms. The number of benzene rings is 2. The number of carbonyl (C=O) groups is 1. The van der Waals surface area contributed by atoms with Gasteiger partial charge in [-0.1, -0.05) is 61.9 Å². The summed E-state index contributed by atoms with van der Waals surface area (Å²) in [5, 5.41) is 0. The second-order valence-electron chi connectivity index (χ2n) is 8.94. The zero-order valence-electron chi connectivity index (χ0n) is 20.3. The fourth-order valence-electron chi connectivity index (χ4n) is 4.09. The van der Waals surface area contributed by atoms with Gasteiger partial charge in [0.05, 0.1) is 18.3 Å². The monoisotopic (exact) mass is 464 g/mol. The highest BCUT2D eigenvalue weighted by molar-refractivity contribution is 5.94. The lowest BCUT2D eigenvalue weighted by atomic mass is 9.98. The first-order chi connectivity index (χ1) is 16.2. The van der Waals surface area contributed by atoms with Crippen molar-refractivity contribution in [3.05, 3.63) is 99.0 Å². The Labute approximate surface area is 200 Å². The van der Waals surface area contributed by atoms with E-state index < -0.39 is 17.4 Å². The van der Waals surface area contributed by atoms with E-state index in [0.29, 0.717) is 30.9 Å². The van der Waals surface area contributed by atoms with Gasteiger partial charge >= 0.3 is 0 Å². The van der Waals surface area contributed by atoms with E-state index >= 15 is 0 Å². The molecule has 1 heterocycles. The third kappa shape index (κ3) is 5.59. The van der Waals surface area contributed by atoms with E-state index in [-0.39, 0.29) is 24.1 Å². The summed E-state index contributed by atoms with van der Waals surface area (Å²) in [5.74, 6) is -0.763. The minimum atomic E-state index is -0.874. The number of amides is 1. The topological polar surface area (TPSA) is 81.2 Å². The van der Waals surface area contributed by atoms with Gasteiger partial charge in [0.2, 0.25) is 5.82 Å². The van der Waals surface area contributed by atoms with Crippen molar-refractivity contribution in [1.82, 2.24) is 14.5 Å². The molecule has 2 aromatic carbocycles. The lowest BCUT2D eigenvalue weighted by Crippen LogP contribution is -2.43. The fourth-order valence-corrected chi connectivity index (χ4v) is 4.09. The van der Waals surface area contributed by atoms with Crippen LogP contribution in [0, 0.1) is 25.6 Å². The van der Waals surface area contributed by atoms with Crippen LogP contribution in [0.1, 0.15) is 59.3 Å². The molecule has 6 nitrogen and oxygen atoms in total. The summed E-state index contributed by atoms with van der Waals surface area (Å²) in [6, 6.07) is 16.2. The molecule has 1 amide bonds. The zero-order chi connectivity index (χ0) is 24.8. The van der Waals surface area contributed by atoms with Gasteiger partial charge in [0.25, 0.3) is 11.5 Å². The van der Waals surface area contributed by atoms with E-state index in [1.807, 2.05) is 63.2 Å². The lowest BCUT2D eigenvalue weighted by molar-refractivity contribution is 0.0601. The Morgan fingerprint density at radius 3 is 2.32 bits per heavy atom. The van der Waals surface area contributed by atoms with Crippen molar-refractivity contribution in [2.75, 3.05) is 13.1 Å². The van der Waals surface area contributed by atoms with Gasteiger partial charge in [0.1, 0.15) is 5.82 Å². The molecule has 0 aliphatic heterocycles. The zero-order valence-corrected chi connectivity index (χ0v) is 20.3. The van der Waals surface area contributed by atoms with Crippen LogP contribution in [0.4, 0.5) is 4.39 Å². The highest BCUT2D eigenvalue weighted by Gasteiger charge is 2.33. The summed E-state index contributed by atoms with van der Waals surface area (Å²) in [7, 11) is 0. The van der Waals surface area contributed by atoms with Crippen LogP contribution >= 0.6 is 0 Å². The lowest BCUT2D eigenvalue weighted by Gasteiger charge is -2.35. The average molecular weight is 465 g/mol. The normalized spacial score (nSPS) is 12.1. The Balaban J connectivity index is 2.17. The number of aryl methyl sites for hydroxylation is 2. The molecule has 0 radical (unpaired) electrons. The summed E-state index contributed by atoms with van der Waals surface area (Å²) >= 11 is 0. The summed E-state index contributed by atoms with van der Waals surface area (Å²) in [5.41, 5.74) is 7.52. The Morgan fingerprint density at radius 2 is 1.74 bits per heavy atom. The maximum absolute atomic E-state index is 14.7. The Morgan fingerprint density at radius 1 is 1.09 bits per heavy atom. The molecule has 0 aliphatic rings. The first-order valence-electron chi connectivity index (χ1n) is 11.6. The van der Waals surface area contributed by atoms with Gasteiger partial charge in [0.15, 0.2) is 0 Å². The van der Waals surface area contributed by atoms with Crippen molar-refractivity contribution < 1.29 is 9.18 Å². The summed E-state index contributed by atoms with van der Waals surface area (Å²) < 4.78 is 16.1. The van der Waals surface area contributed by atoms with E-state index in [4.69, 9.17) is 5.73 Å². The Kier molecular flexibility index (Phi) is 8.34. The molecule has 0 spiro atoms. The van der Waals surface area contributed by atoms with E-state index in [2.05, 4.69) is 4.98 Å². The maximum atomic E-state index is 14.7. The van der Waals surface area contributed by atoms with E-state index in [0.717, 1.165) is 11.1 Å². The van der Waals surface area contributed by atoms with Gasteiger partial charge in [-0.3, -0.25) is 14.2 Å². The number of carbonyl (C=O) groups excluding carboxylic acids is 1. The van der Waals surface area contributed by atoms with E-state index in [1.54, 1.807) is 17.0 Å². The van der Waals surface area contributed by atoms with Crippen LogP contribution in [0.3, 0.4) is 0 Å². The predicted molar refractivity (Wildman–Crippen MR) is 132 cm³/mol. The van der Waals surface area contributed by atoms with Crippen molar-refractivity contribution in [2.45, 2.75) is 46.7 Å². The number of nitrogens with zero attached hydrogens (tertiary/aromatic N) is 3. The Bertz CT molecular complexity index is 1170. The average Bonchev–Trinajstić information content (AvgIpc) is 2.82. The van der Waals surface area contributed by atoms with Crippen LogP contribution in [-0.4, -0.2) is 33.4 Å². The number of hydrogen-bond acceptors (Lipinski definition) is 4. The van der Waals surface area contributed by atoms with Crippen LogP contribution < -0.4 is 11.3 Å². The number of halogens is 1. The van der Waals surface area contributed by atoms with Crippen molar-refractivity contribution >= 4 is 5.91 Å². The molecular weight excluding hydrogens is 431 g/mol. The highest BCUT2D eigenvalue weighted by Crippen LogP contribution is 2.29. The van der Waals surface area contributed by atoms with Crippen LogP contribution in [0.25, 0.3) is 0 Å². The second kappa shape index (κ2) is 11.2. The first-order valence-corrected chi connectivity index (χ1v) is 11.6. The molecule has 1 unspecified atom stereocenters. The van der Waals surface area contributed by atoms with Gasteiger partial charge in [-0.05, 0) is 50.4 Å². The number of rotatable bonds is 9. The largest absolute Gasteiger partial charge is 0.330 e. The molecule has 0 bridgehead atoms. The van der Waals surface area contributed by atoms with Crippen molar-refractivity contribution in [3.63, 3.8) is 0 Å². The van der Waals surface area contributed by atoms with Gasteiger partial charge in [-0.2, -0.15) is 4.39 Å². The SMILES string of the molecule is Cc1ccc(C(=O)N(CCCN)C(c2nc(C)c(F)c(=O)n2Cc2ccccc2)C(C)C)cc1. The van der Waals surface area contributed by atoms with Crippen LogP contribution in [-0.2, 0) is 6.54 Å². The minimum absolute atomic E-state index is 0.0246. The molecule has 1 aromatic heterocycles. The van der Waals surface area contributed by atoms with Crippen molar-refractivity contribution in [3.8, 4) is 0 Å². The summed E-state index contributed by atoms with van der Waals surface area (Å²) in [4.78, 5) is 33.0. The molecule has 2 N–H and O–H groups in total. The van der Waals surface area contributed by atoms with Gasteiger partial charge in [0, 0.05) is 12.1 Å². The third-order valence-electron chi connectivity index (χ3n) is 5.89. The molecule has 180 valence electrons. The van der Waals surface area contributed by atoms with Crippen LogP contribution in [0.15, 0.2) is 59.4 Å². The molecule has 0 saturated carbocycles. The van der Waals surface area contributed by atoms with Crippen molar-refractivity contribution in [2.24, 2.45) is 11.7 Å². The molecule has 3 aromatic rings. The molecule has 1 atom stereocenters. The molecule has 0 saturated heterocycles. The molecule has 0 fully saturated rings. The number of aromatic nitrogens is 2. The quantitative estimate of drug-likeness (QED) is 0.514. The summed E-state index contributed by atoms with van der Waals surface area (Å²) in [6.07, 6.45) is 0.587. The molecule has 0 aliphatic carbocycles. The smallest absolute Gasteiger partial charge is 0.290 e. The predicted octanol–water partition coefficient (Wildman–Crippen LogP) is 4.24. The Hall–Kier alpha value is -3.32. The van der Waals surface area contributed by atoms with Crippen LogP contribution in [0.5, 0.6) is 0 Å². The van der Waals surface area contributed by atoms with Crippen molar-refractivity contribution in [1.29, 1.82) is 0 Å². The maximum Gasteiger partial charge on any atom is 0.290 e. The molecule has 3 rings (SSSR count). The summed E-state index contributed by atoms with van der Waals surface area (Å²) in [6.45, 7) is 8.35. The van der Waals surface area contributed by atoms with Gasteiger partial charge in [-0.25, -0.2) is 4.98 Å². The fraction of sp³-hybridized carbons (Fsp3) is 0.370.